The maximum absolute atomic E-state index is 12.3. The Hall–Kier alpha value is -1.89. The second kappa shape index (κ2) is 7.34. The van der Waals surface area contributed by atoms with Crippen molar-refractivity contribution >= 4 is 33.2 Å². The molecule has 7 heteroatoms. The highest BCUT2D eigenvalue weighted by atomic mass is 35.5. The summed E-state index contributed by atoms with van der Waals surface area (Å²) >= 11 is 5.76. The topological polar surface area (TPSA) is 75.3 Å². The number of anilines is 1. The van der Waals surface area contributed by atoms with Gasteiger partial charge in [0.25, 0.3) is 0 Å². The number of amides is 1. The number of rotatable bonds is 5. The van der Waals surface area contributed by atoms with Crippen LogP contribution in [0.2, 0.25) is 5.02 Å². The Morgan fingerprint density at radius 3 is 2.33 bits per heavy atom. The molecule has 0 aliphatic rings. The number of halogens is 1. The quantitative estimate of drug-likeness (QED) is 0.852. The summed E-state index contributed by atoms with van der Waals surface area (Å²) in [4.78, 5) is 12.3. The van der Waals surface area contributed by atoms with Gasteiger partial charge in [0.05, 0.1) is 10.9 Å². The molecule has 2 aromatic carbocycles. The van der Waals surface area contributed by atoms with Gasteiger partial charge in [-0.1, -0.05) is 23.7 Å². The van der Waals surface area contributed by atoms with Crippen LogP contribution in [0.15, 0.2) is 47.4 Å². The van der Waals surface area contributed by atoms with Gasteiger partial charge in [-0.3, -0.25) is 4.79 Å². The summed E-state index contributed by atoms with van der Waals surface area (Å²) < 4.78 is 27.0. The Bertz CT molecular complexity index is 849. The largest absolute Gasteiger partial charge is 0.324 e. The molecule has 2 N–H and O–H groups in total. The first-order valence-corrected chi connectivity index (χ1v) is 9.21. The molecule has 1 unspecified atom stereocenters. The van der Waals surface area contributed by atoms with E-state index in [1.807, 2.05) is 32.0 Å². The first-order chi connectivity index (χ1) is 11.2. The van der Waals surface area contributed by atoms with Crippen LogP contribution in [-0.2, 0) is 14.8 Å². The summed E-state index contributed by atoms with van der Waals surface area (Å²) in [6.07, 6.45) is 0. The monoisotopic (exact) mass is 366 g/mol. The number of aryl methyl sites for hydroxylation is 2. The van der Waals surface area contributed by atoms with Gasteiger partial charge in [0.2, 0.25) is 15.9 Å². The van der Waals surface area contributed by atoms with Crippen molar-refractivity contribution in [2.45, 2.75) is 31.7 Å². The maximum Gasteiger partial charge on any atom is 0.242 e. The van der Waals surface area contributed by atoms with Gasteiger partial charge in [0.1, 0.15) is 0 Å². The lowest BCUT2D eigenvalue weighted by Crippen LogP contribution is -2.41. The van der Waals surface area contributed by atoms with E-state index in [0.29, 0.717) is 10.7 Å². The van der Waals surface area contributed by atoms with Gasteiger partial charge in [-0.2, -0.15) is 4.72 Å². The van der Waals surface area contributed by atoms with E-state index in [2.05, 4.69) is 10.0 Å². The molecular weight excluding hydrogens is 348 g/mol. The third-order valence-corrected chi connectivity index (χ3v) is 5.31. The molecule has 0 heterocycles. The van der Waals surface area contributed by atoms with Crippen molar-refractivity contribution in [3.8, 4) is 0 Å². The van der Waals surface area contributed by atoms with Crippen LogP contribution in [-0.4, -0.2) is 20.4 Å². The molecule has 0 bridgehead atoms. The summed E-state index contributed by atoms with van der Waals surface area (Å²) in [5.41, 5.74) is 2.57. The number of benzene rings is 2. The number of nitrogens with one attached hydrogen (secondary N) is 2. The average Bonchev–Trinajstić information content (AvgIpc) is 2.51. The molecule has 128 valence electrons. The molecule has 0 spiro atoms. The highest BCUT2D eigenvalue weighted by molar-refractivity contribution is 7.89. The van der Waals surface area contributed by atoms with Crippen LogP contribution in [0.1, 0.15) is 18.1 Å². The molecule has 1 amide bonds. The van der Waals surface area contributed by atoms with Crippen LogP contribution in [0.3, 0.4) is 0 Å². The van der Waals surface area contributed by atoms with Crippen molar-refractivity contribution in [2.75, 3.05) is 5.32 Å². The van der Waals surface area contributed by atoms with Crippen LogP contribution >= 0.6 is 11.6 Å². The highest BCUT2D eigenvalue weighted by Crippen LogP contribution is 2.17. The fraction of sp³-hybridized carbons (Fsp3) is 0.235. The van der Waals surface area contributed by atoms with Crippen molar-refractivity contribution in [3.05, 3.63) is 58.6 Å². The lowest BCUT2D eigenvalue weighted by Gasteiger charge is -2.16. The molecule has 0 aliphatic carbocycles. The fourth-order valence-corrected chi connectivity index (χ4v) is 3.41. The van der Waals surface area contributed by atoms with E-state index in [9.17, 15) is 13.2 Å². The molecule has 2 rings (SSSR count). The van der Waals surface area contributed by atoms with E-state index in [1.54, 1.807) is 0 Å². The Balaban J connectivity index is 2.10. The van der Waals surface area contributed by atoms with Gasteiger partial charge in [0, 0.05) is 10.7 Å². The molecule has 0 fully saturated rings. The third-order valence-electron chi connectivity index (χ3n) is 3.50. The summed E-state index contributed by atoms with van der Waals surface area (Å²) in [5.74, 6) is -0.429. The van der Waals surface area contributed by atoms with Crippen LogP contribution in [0.25, 0.3) is 0 Å². The van der Waals surface area contributed by atoms with E-state index >= 15 is 0 Å². The zero-order valence-corrected chi connectivity index (χ0v) is 15.2. The summed E-state index contributed by atoms with van der Waals surface area (Å²) in [7, 11) is -3.80. The lowest BCUT2D eigenvalue weighted by atomic mass is 10.1. The minimum Gasteiger partial charge on any atom is -0.324 e. The van der Waals surface area contributed by atoms with E-state index < -0.39 is 22.0 Å². The molecule has 1 atom stereocenters. The van der Waals surface area contributed by atoms with Gasteiger partial charge in [-0.15, -0.1) is 0 Å². The van der Waals surface area contributed by atoms with E-state index in [0.717, 1.165) is 11.1 Å². The maximum atomic E-state index is 12.3. The lowest BCUT2D eigenvalue weighted by molar-refractivity contribution is -0.117. The van der Waals surface area contributed by atoms with Gasteiger partial charge in [-0.25, -0.2) is 8.42 Å². The minimum atomic E-state index is -3.80. The zero-order valence-electron chi connectivity index (χ0n) is 13.6. The van der Waals surface area contributed by atoms with Gasteiger partial charge < -0.3 is 5.32 Å². The Labute approximate surface area is 147 Å². The first-order valence-electron chi connectivity index (χ1n) is 7.35. The Kier molecular flexibility index (Phi) is 5.64. The fourth-order valence-electron chi connectivity index (χ4n) is 2.08. The Morgan fingerprint density at radius 1 is 1.08 bits per heavy atom. The standard InChI is InChI=1S/C17H19ClN2O3S/c1-11-4-5-12(2)16(10-11)19-17(21)13(3)20-24(22,23)15-8-6-14(18)7-9-15/h4-10,13,20H,1-3H3,(H,19,21). The van der Waals surface area contributed by atoms with Gasteiger partial charge in [-0.05, 0) is 62.2 Å². The summed E-state index contributed by atoms with van der Waals surface area (Å²) in [6, 6.07) is 10.5. The number of carbonyl (C=O) groups excluding carboxylic acids is 1. The minimum absolute atomic E-state index is 0.0540. The first kappa shape index (κ1) is 18.4. The Morgan fingerprint density at radius 2 is 1.71 bits per heavy atom. The smallest absolute Gasteiger partial charge is 0.242 e. The average molecular weight is 367 g/mol. The van der Waals surface area contributed by atoms with Crippen molar-refractivity contribution in [1.82, 2.24) is 4.72 Å². The van der Waals surface area contributed by atoms with Gasteiger partial charge >= 0.3 is 0 Å². The summed E-state index contributed by atoms with van der Waals surface area (Å²) in [5, 5.41) is 3.19. The zero-order chi connectivity index (χ0) is 17.9. The normalized spacial score (nSPS) is 12.7. The molecule has 0 aromatic heterocycles. The van der Waals surface area contributed by atoms with Crippen molar-refractivity contribution in [3.63, 3.8) is 0 Å². The van der Waals surface area contributed by atoms with E-state index in [1.165, 1.54) is 31.2 Å². The molecule has 0 saturated heterocycles. The molecule has 5 nitrogen and oxygen atoms in total. The van der Waals surface area contributed by atoms with Crippen molar-refractivity contribution < 1.29 is 13.2 Å². The molecule has 0 radical (unpaired) electrons. The van der Waals surface area contributed by atoms with Crippen LogP contribution in [0.4, 0.5) is 5.69 Å². The second-order valence-electron chi connectivity index (χ2n) is 5.60. The van der Waals surface area contributed by atoms with E-state index in [-0.39, 0.29) is 4.90 Å². The number of sulfonamides is 1. The number of carbonyl (C=O) groups is 1. The van der Waals surface area contributed by atoms with E-state index in [4.69, 9.17) is 11.6 Å². The summed E-state index contributed by atoms with van der Waals surface area (Å²) in [6.45, 7) is 5.29. The van der Waals surface area contributed by atoms with Crippen molar-refractivity contribution in [1.29, 1.82) is 0 Å². The second-order valence-corrected chi connectivity index (χ2v) is 7.75. The predicted octanol–water partition coefficient (Wildman–Crippen LogP) is 3.26. The molecular formula is C17H19ClN2O3S. The number of hydrogen-bond donors (Lipinski definition) is 2. The van der Waals surface area contributed by atoms with Gasteiger partial charge in [0.15, 0.2) is 0 Å². The third kappa shape index (κ3) is 4.56. The molecule has 0 saturated carbocycles. The molecule has 24 heavy (non-hydrogen) atoms. The SMILES string of the molecule is Cc1ccc(C)c(NC(=O)C(C)NS(=O)(=O)c2ccc(Cl)cc2)c1. The molecule has 0 aliphatic heterocycles. The van der Waals surface area contributed by atoms with Crippen LogP contribution in [0, 0.1) is 13.8 Å². The predicted molar refractivity (Wildman–Crippen MR) is 95.8 cm³/mol. The van der Waals surface area contributed by atoms with Crippen LogP contribution < -0.4 is 10.0 Å². The molecule has 2 aromatic rings. The van der Waals surface area contributed by atoms with Crippen molar-refractivity contribution in [2.24, 2.45) is 0 Å². The highest BCUT2D eigenvalue weighted by Gasteiger charge is 2.22. The van der Waals surface area contributed by atoms with Crippen LogP contribution in [0.5, 0.6) is 0 Å². The number of hydrogen-bond acceptors (Lipinski definition) is 3.